The van der Waals surface area contributed by atoms with E-state index in [1.165, 1.54) is 24.9 Å². The van der Waals surface area contributed by atoms with Crippen LogP contribution >= 0.6 is 24.2 Å². The first-order chi connectivity index (χ1) is 9.44. The third-order valence-electron chi connectivity index (χ3n) is 3.16. The first kappa shape index (κ1) is 17.6. The largest absolute Gasteiger partial charge is 0.494 e. The number of ether oxygens (including phenoxy) is 1. The summed E-state index contributed by atoms with van der Waals surface area (Å²) in [7, 11) is 1.44. The molecule has 0 saturated heterocycles. The van der Waals surface area contributed by atoms with E-state index in [1.54, 1.807) is 6.07 Å². The molecule has 0 amide bonds. The van der Waals surface area contributed by atoms with Gasteiger partial charge >= 0.3 is 0 Å². The number of hydrogen-bond acceptors (Lipinski definition) is 4. The minimum atomic E-state index is -0.535. The van der Waals surface area contributed by atoms with Crippen LogP contribution < -0.4 is 16.2 Å². The molecule has 0 saturated carbocycles. The Balaban J connectivity index is 0.00000220. The number of nitrogens with two attached hydrogens (primary N) is 2. The van der Waals surface area contributed by atoms with Crippen molar-refractivity contribution >= 4 is 35.3 Å². The zero-order valence-corrected chi connectivity index (χ0v) is 13.4. The molecule has 8 heteroatoms. The lowest BCUT2D eigenvalue weighted by atomic mass is 9.90. The molecule has 0 fully saturated rings. The van der Waals surface area contributed by atoms with E-state index in [9.17, 15) is 4.39 Å². The van der Waals surface area contributed by atoms with Crippen LogP contribution in [0.3, 0.4) is 0 Å². The van der Waals surface area contributed by atoms with Crippen molar-refractivity contribution in [3.05, 3.63) is 29.6 Å². The Morgan fingerprint density at radius 1 is 1.48 bits per heavy atom. The van der Waals surface area contributed by atoms with E-state index in [1.807, 2.05) is 13.0 Å². The molecule has 0 aromatic heterocycles. The van der Waals surface area contributed by atoms with E-state index in [-0.39, 0.29) is 24.1 Å². The van der Waals surface area contributed by atoms with Gasteiger partial charge in [0.05, 0.1) is 12.6 Å². The molecule has 21 heavy (non-hydrogen) atoms. The summed E-state index contributed by atoms with van der Waals surface area (Å²) in [5, 5.41) is 0.523. The lowest BCUT2D eigenvalue weighted by Gasteiger charge is -2.29. The maximum Gasteiger partial charge on any atom is 0.193 e. The third kappa shape index (κ3) is 4.01. The van der Waals surface area contributed by atoms with Crippen molar-refractivity contribution in [2.45, 2.75) is 18.9 Å². The van der Waals surface area contributed by atoms with Crippen molar-refractivity contribution in [3.8, 4) is 5.75 Å². The van der Waals surface area contributed by atoms with Crippen molar-refractivity contribution in [1.82, 2.24) is 0 Å². The van der Waals surface area contributed by atoms with Gasteiger partial charge in [-0.05, 0) is 31.0 Å². The molecule has 0 aliphatic carbocycles. The molecule has 1 aromatic carbocycles. The Kier molecular flexibility index (Phi) is 5.86. The van der Waals surface area contributed by atoms with E-state index < -0.39 is 11.4 Å². The number of hydrogen-bond donors (Lipinski definition) is 2. The summed E-state index contributed by atoms with van der Waals surface area (Å²) in [5.74, 6) is 0.611. The van der Waals surface area contributed by atoms with Gasteiger partial charge in [0.2, 0.25) is 0 Å². The molecule has 1 aliphatic heterocycles. The first-order valence-electron chi connectivity index (χ1n) is 6.11. The van der Waals surface area contributed by atoms with Gasteiger partial charge in [-0.3, -0.25) is 0 Å². The molecule has 2 rings (SSSR count). The van der Waals surface area contributed by atoms with Crippen molar-refractivity contribution in [2.75, 3.05) is 12.9 Å². The van der Waals surface area contributed by atoms with Crippen molar-refractivity contribution in [2.24, 2.45) is 21.5 Å². The number of halogens is 2. The Hall–Kier alpha value is -1.47. The van der Waals surface area contributed by atoms with Crippen molar-refractivity contribution in [1.29, 1.82) is 0 Å². The molecule has 4 N–H and O–H groups in total. The predicted molar refractivity (Wildman–Crippen MR) is 87.9 cm³/mol. The molecular formula is C13H18ClFN4OS. The maximum absolute atomic E-state index is 13.8. The lowest BCUT2D eigenvalue weighted by Crippen LogP contribution is -2.28. The summed E-state index contributed by atoms with van der Waals surface area (Å²) in [6.45, 7) is 1.94. The van der Waals surface area contributed by atoms with Crippen LogP contribution in [0.25, 0.3) is 0 Å². The zero-order chi connectivity index (χ0) is 14.8. The molecule has 116 valence electrons. The number of amidine groups is 1. The summed E-state index contributed by atoms with van der Waals surface area (Å²) in [4.78, 5) is 8.53. The van der Waals surface area contributed by atoms with Crippen molar-refractivity contribution in [3.63, 3.8) is 0 Å². The second kappa shape index (κ2) is 7.00. The Labute approximate surface area is 133 Å². The normalized spacial score (nSPS) is 21.0. The molecule has 1 heterocycles. The standard InChI is InChI=1S/C13H17FN4OS.ClH/c1-13(5-6-20-12(18-13)17-11(15)16)8-3-4-10(19-2)9(14)7-8;/h3-4,7H,5-6H2,1-2H3,(H4,15,16,17,18);1H. The van der Waals surface area contributed by atoms with E-state index in [4.69, 9.17) is 16.2 Å². The number of rotatable bonds is 2. The molecule has 1 unspecified atom stereocenters. The molecule has 0 bridgehead atoms. The van der Waals surface area contributed by atoms with Gasteiger partial charge in [0.1, 0.15) is 0 Å². The van der Waals surface area contributed by atoms with E-state index >= 15 is 0 Å². The highest BCUT2D eigenvalue weighted by atomic mass is 35.5. The third-order valence-corrected chi connectivity index (χ3v) is 4.01. The topological polar surface area (TPSA) is 86.0 Å². The van der Waals surface area contributed by atoms with Gasteiger partial charge in [-0.15, -0.1) is 12.4 Å². The molecule has 1 aromatic rings. The fourth-order valence-corrected chi connectivity index (χ4v) is 3.14. The van der Waals surface area contributed by atoms with Gasteiger partial charge in [0.15, 0.2) is 22.7 Å². The lowest BCUT2D eigenvalue weighted by molar-refractivity contribution is 0.384. The monoisotopic (exact) mass is 332 g/mol. The Bertz CT molecular complexity index is 577. The number of guanidine groups is 1. The highest BCUT2D eigenvalue weighted by Gasteiger charge is 2.30. The predicted octanol–water partition coefficient (Wildman–Crippen LogP) is 2.24. The summed E-state index contributed by atoms with van der Waals surface area (Å²) in [5.41, 5.74) is 11.0. The quantitative estimate of drug-likeness (QED) is 0.642. The van der Waals surface area contributed by atoms with Crippen LogP contribution in [-0.4, -0.2) is 24.0 Å². The fourth-order valence-electron chi connectivity index (χ4n) is 2.02. The molecule has 5 nitrogen and oxygen atoms in total. The summed E-state index contributed by atoms with van der Waals surface area (Å²) in [6, 6.07) is 4.87. The minimum Gasteiger partial charge on any atom is -0.494 e. The smallest absolute Gasteiger partial charge is 0.193 e. The average molecular weight is 333 g/mol. The number of benzene rings is 1. The summed E-state index contributed by atoms with van der Waals surface area (Å²) < 4.78 is 18.8. The van der Waals surface area contributed by atoms with Crippen LogP contribution in [0.5, 0.6) is 5.75 Å². The number of thioether (sulfide) groups is 1. The maximum atomic E-state index is 13.8. The summed E-state index contributed by atoms with van der Waals surface area (Å²) >= 11 is 1.48. The van der Waals surface area contributed by atoms with E-state index in [0.29, 0.717) is 5.17 Å². The van der Waals surface area contributed by atoms with Crippen molar-refractivity contribution < 1.29 is 9.13 Å². The van der Waals surface area contributed by atoms with Gasteiger partial charge in [-0.25, -0.2) is 9.38 Å². The van der Waals surface area contributed by atoms with Gasteiger partial charge in [-0.1, -0.05) is 17.8 Å². The molecule has 1 atom stereocenters. The van der Waals surface area contributed by atoms with Gasteiger partial charge < -0.3 is 16.2 Å². The van der Waals surface area contributed by atoms with Crippen LogP contribution in [0.1, 0.15) is 18.9 Å². The van der Waals surface area contributed by atoms with Gasteiger partial charge in [0, 0.05) is 5.75 Å². The Morgan fingerprint density at radius 3 is 2.76 bits per heavy atom. The van der Waals surface area contributed by atoms with Gasteiger partial charge in [-0.2, -0.15) is 4.99 Å². The van der Waals surface area contributed by atoms with Gasteiger partial charge in [0.25, 0.3) is 0 Å². The second-order valence-corrected chi connectivity index (χ2v) is 5.71. The second-order valence-electron chi connectivity index (χ2n) is 4.65. The molecule has 0 spiro atoms. The SMILES string of the molecule is COc1ccc(C2(C)CCSC(N=C(N)N)=N2)cc1F.Cl. The van der Waals surface area contributed by atoms with Crippen LogP contribution in [0, 0.1) is 5.82 Å². The molecular weight excluding hydrogens is 315 g/mol. The van der Waals surface area contributed by atoms with Crippen LogP contribution in [0.4, 0.5) is 4.39 Å². The van der Waals surface area contributed by atoms with Crippen LogP contribution in [-0.2, 0) is 5.54 Å². The fraction of sp³-hybridized carbons (Fsp3) is 0.385. The summed E-state index contributed by atoms with van der Waals surface area (Å²) in [6.07, 6.45) is 0.785. The Morgan fingerprint density at radius 2 is 2.19 bits per heavy atom. The number of methoxy groups -OCH3 is 1. The first-order valence-corrected chi connectivity index (χ1v) is 7.09. The zero-order valence-electron chi connectivity index (χ0n) is 11.8. The highest BCUT2D eigenvalue weighted by molar-refractivity contribution is 8.13. The number of aliphatic imine (C=N–C) groups is 2. The highest BCUT2D eigenvalue weighted by Crippen LogP contribution is 2.37. The van der Waals surface area contributed by atoms with E-state index in [0.717, 1.165) is 17.7 Å². The number of nitrogens with zero attached hydrogens (tertiary/aromatic N) is 2. The average Bonchev–Trinajstić information content (AvgIpc) is 2.38. The van der Waals surface area contributed by atoms with E-state index in [2.05, 4.69) is 9.98 Å². The van der Waals surface area contributed by atoms with Crippen LogP contribution in [0.15, 0.2) is 28.2 Å². The minimum absolute atomic E-state index is 0. The van der Waals surface area contributed by atoms with Crippen LogP contribution in [0.2, 0.25) is 0 Å². The molecule has 0 radical (unpaired) electrons. The molecule has 1 aliphatic rings.